The maximum atomic E-state index is 13.1. The van der Waals surface area contributed by atoms with E-state index in [1.807, 2.05) is 0 Å². The molecule has 0 saturated heterocycles. The molecule has 17 nitrogen and oxygen atoms in total. The Balaban J connectivity index is 5.24. The standard InChI is InChI=1S/C75H142O17P2/c1-8-9-10-11-12-13-14-15-18-23-26-29-36-44-51-58-74(79)91-70(62-85-72(77)56-49-42-34-28-25-22-20-17-16-19-21-24-27-32-39-46-53-66(2)3)64-89-93(81,82)87-60-69(76)61-88-94(83,84)90-65-71(92-75(80)59-52-45-38-37-41-48-55-68(6)7)63-86-73(78)57-50-43-35-31-30-33-40-47-54-67(4)5/h13-15,18,66-71,76H,8-12,16-17,19-65H2,1-7H3,(H,81,82)(H,83,84)/b14-13-,18-15-/t69?,70-,71-/m1/s1. The maximum absolute atomic E-state index is 13.1. The molecule has 0 radical (unpaired) electrons. The molecule has 0 aliphatic carbocycles. The van der Waals surface area contributed by atoms with E-state index < -0.39 is 97.5 Å². The zero-order valence-electron chi connectivity index (χ0n) is 60.9. The lowest BCUT2D eigenvalue weighted by molar-refractivity contribution is -0.161. The third-order valence-corrected chi connectivity index (χ3v) is 18.7. The van der Waals surface area contributed by atoms with Crippen molar-refractivity contribution >= 4 is 39.5 Å². The van der Waals surface area contributed by atoms with Gasteiger partial charge in [0.25, 0.3) is 0 Å². The van der Waals surface area contributed by atoms with Crippen LogP contribution in [0.5, 0.6) is 0 Å². The van der Waals surface area contributed by atoms with Gasteiger partial charge in [-0.05, 0) is 69.1 Å². The lowest BCUT2D eigenvalue weighted by Gasteiger charge is -2.21. The van der Waals surface area contributed by atoms with E-state index in [0.29, 0.717) is 31.6 Å². The van der Waals surface area contributed by atoms with E-state index in [0.717, 1.165) is 115 Å². The summed E-state index contributed by atoms with van der Waals surface area (Å²) in [5.74, 6) is 0.0474. The van der Waals surface area contributed by atoms with Gasteiger partial charge in [-0.25, -0.2) is 9.13 Å². The Morgan fingerprint density at radius 3 is 0.862 bits per heavy atom. The van der Waals surface area contributed by atoms with Crippen molar-refractivity contribution in [3.63, 3.8) is 0 Å². The van der Waals surface area contributed by atoms with Crippen LogP contribution in [0.1, 0.15) is 357 Å². The number of hydrogen-bond donors (Lipinski definition) is 3. The second kappa shape index (κ2) is 65.2. The fraction of sp³-hybridized carbons (Fsp3) is 0.893. The second-order valence-corrected chi connectivity index (χ2v) is 30.7. The van der Waals surface area contributed by atoms with Crippen molar-refractivity contribution in [3.05, 3.63) is 24.3 Å². The van der Waals surface area contributed by atoms with Crippen molar-refractivity contribution in [2.45, 2.75) is 375 Å². The van der Waals surface area contributed by atoms with Crippen LogP contribution in [0.15, 0.2) is 24.3 Å². The molecule has 19 heteroatoms. The molecule has 3 unspecified atom stereocenters. The Morgan fingerprint density at radius 1 is 0.330 bits per heavy atom. The fourth-order valence-corrected chi connectivity index (χ4v) is 12.5. The van der Waals surface area contributed by atoms with Gasteiger partial charge >= 0.3 is 39.5 Å². The molecule has 3 N–H and O–H groups in total. The number of esters is 4. The second-order valence-electron chi connectivity index (χ2n) is 27.8. The third-order valence-electron chi connectivity index (χ3n) is 16.8. The first-order chi connectivity index (χ1) is 45.2. The summed E-state index contributed by atoms with van der Waals surface area (Å²) < 4.78 is 68.3. The van der Waals surface area contributed by atoms with Crippen LogP contribution in [-0.4, -0.2) is 96.7 Å². The van der Waals surface area contributed by atoms with E-state index >= 15 is 0 Å². The molecule has 0 aromatic heterocycles. The molecule has 0 aliphatic heterocycles. The molecule has 554 valence electrons. The van der Waals surface area contributed by atoms with Crippen molar-refractivity contribution in [1.29, 1.82) is 0 Å². The van der Waals surface area contributed by atoms with Crippen LogP contribution in [0.3, 0.4) is 0 Å². The minimum atomic E-state index is -4.96. The van der Waals surface area contributed by atoms with Crippen LogP contribution < -0.4 is 0 Å². The first-order valence-corrected chi connectivity index (χ1v) is 41.2. The van der Waals surface area contributed by atoms with Gasteiger partial charge in [-0.15, -0.1) is 0 Å². The van der Waals surface area contributed by atoms with Gasteiger partial charge in [0.1, 0.15) is 19.3 Å². The Labute approximate surface area is 573 Å². The van der Waals surface area contributed by atoms with Crippen LogP contribution in [0.2, 0.25) is 0 Å². The van der Waals surface area contributed by atoms with Crippen LogP contribution >= 0.6 is 15.6 Å². The van der Waals surface area contributed by atoms with E-state index in [1.54, 1.807) is 0 Å². The van der Waals surface area contributed by atoms with Gasteiger partial charge in [0.05, 0.1) is 26.4 Å². The van der Waals surface area contributed by atoms with E-state index in [2.05, 4.69) is 72.8 Å². The van der Waals surface area contributed by atoms with E-state index in [4.69, 9.17) is 37.0 Å². The predicted molar refractivity (Wildman–Crippen MR) is 381 cm³/mol. The number of phosphoric ester groups is 2. The number of unbranched alkanes of at least 4 members (excludes halogenated alkanes) is 36. The molecule has 0 spiro atoms. The molecule has 0 aromatic carbocycles. The monoisotopic (exact) mass is 1380 g/mol. The van der Waals surface area contributed by atoms with Gasteiger partial charge in [0.2, 0.25) is 0 Å². The molecular weight excluding hydrogens is 1230 g/mol. The third kappa shape index (κ3) is 68.1. The first-order valence-electron chi connectivity index (χ1n) is 38.2. The Bertz CT molecular complexity index is 1930. The van der Waals surface area contributed by atoms with Crippen LogP contribution in [0, 0.1) is 17.8 Å². The molecule has 94 heavy (non-hydrogen) atoms. The summed E-state index contributed by atoms with van der Waals surface area (Å²) in [5, 5.41) is 10.6. The summed E-state index contributed by atoms with van der Waals surface area (Å²) in [4.78, 5) is 72.6. The normalized spacial score (nSPS) is 14.3. The Hall–Kier alpha value is -2.46. The molecule has 5 atom stereocenters. The maximum Gasteiger partial charge on any atom is 0.472 e. The van der Waals surface area contributed by atoms with Gasteiger partial charge in [-0.1, -0.05) is 304 Å². The van der Waals surface area contributed by atoms with Crippen LogP contribution in [0.4, 0.5) is 0 Å². The fourth-order valence-electron chi connectivity index (χ4n) is 10.9. The number of carbonyl (C=O) groups is 4. The van der Waals surface area contributed by atoms with Gasteiger partial charge in [0.15, 0.2) is 12.2 Å². The molecule has 0 aromatic rings. The summed E-state index contributed by atoms with van der Waals surface area (Å²) in [7, 11) is -9.92. The van der Waals surface area contributed by atoms with Crippen molar-refractivity contribution in [2.24, 2.45) is 17.8 Å². The Kier molecular flexibility index (Phi) is 63.5. The SMILES string of the molecule is CCCCCC/C=C\C=C/CCCCCCCC(=O)O[C@H](COC(=O)CCCCCCCCCCCCCCCCCCC(C)C)COP(=O)(O)OCC(O)COP(=O)(O)OC[C@@H](COC(=O)CCCCCCCCCCC(C)C)OC(=O)CCCCCCCCC(C)C. The minimum absolute atomic E-state index is 0.0848. The Morgan fingerprint density at radius 2 is 0.574 bits per heavy atom. The molecule has 0 amide bonds. The summed E-state index contributed by atoms with van der Waals surface area (Å²) >= 11 is 0. The predicted octanol–water partition coefficient (Wildman–Crippen LogP) is 21.3. The average Bonchev–Trinajstić information content (AvgIpc) is 2.75. The molecular formula is C75H142O17P2. The number of hydrogen-bond acceptors (Lipinski definition) is 15. The van der Waals surface area contributed by atoms with Crippen LogP contribution in [-0.2, 0) is 65.4 Å². The highest BCUT2D eigenvalue weighted by atomic mass is 31.2. The lowest BCUT2D eigenvalue weighted by Crippen LogP contribution is -2.30. The van der Waals surface area contributed by atoms with Gasteiger partial charge < -0.3 is 33.8 Å². The quantitative estimate of drug-likeness (QED) is 0.0169. The molecule has 0 aliphatic rings. The van der Waals surface area contributed by atoms with Crippen molar-refractivity contribution < 1.29 is 80.2 Å². The molecule has 0 saturated carbocycles. The van der Waals surface area contributed by atoms with E-state index in [-0.39, 0.29) is 25.7 Å². The lowest BCUT2D eigenvalue weighted by atomic mass is 10.0. The summed E-state index contributed by atoms with van der Waals surface area (Å²) in [6, 6.07) is 0. The van der Waals surface area contributed by atoms with E-state index in [9.17, 15) is 43.2 Å². The van der Waals surface area contributed by atoms with Gasteiger partial charge in [0, 0.05) is 25.7 Å². The summed E-state index contributed by atoms with van der Waals surface area (Å²) in [5.41, 5.74) is 0. The summed E-state index contributed by atoms with van der Waals surface area (Å²) in [6.45, 7) is 11.7. The van der Waals surface area contributed by atoms with Gasteiger partial charge in [-0.3, -0.25) is 37.3 Å². The van der Waals surface area contributed by atoms with Gasteiger partial charge in [-0.2, -0.15) is 0 Å². The average molecular weight is 1380 g/mol. The zero-order chi connectivity index (χ0) is 69.4. The topological polar surface area (TPSA) is 237 Å². The minimum Gasteiger partial charge on any atom is -0.462 e. The highest BCUT2D eigenvalue weighted by Gasteiger charge is 2.30. The summed E-state index contributed by atoms with van der Waals surface area (Å²) in [6.07, 6.45) is 53.9. The number of aliphatic hydroxyl groups is 1. The van der Waals surface area contributed by atoms with Crippen LogP contribution in [0.25, 0.3) is 0 Å². The first kappa shape index (κ1) is 91.5. The molecule has 0 rings (SSSR count). The number of rotatable bonds is 71. The highest BCUT2D eigenvalue weighted by molar-refractivity contribution is 7.47. The molecule has 0 heterocycles. The van der Waals surface area contributed by atoms with Crippen molar-refractivity contribution in [2.75, 3.05) is 39.6 Å². The van der Waals surface area contributed by atoms with E-state index in [1.165, 1.54) is 154 Å². The number of aliphatic hydroxyl groups excluding tert-OH is 1. The zero-order valence-corrected chi connectivity index (χ0v) is 62.7. The molecule has 0 bridgehead atoms. The van der Waals surface area contributed by atoms with Crippen molar-refractivity contribution in [3.8, 4) is 0 Å². The number of carbonyl (C=O) groups excluding carboxylic acids is 4. The smallest absolute Gasteiger partial charge is 0.462 e. The largest absolute Gasteiger partial charge is 0.472 e. The number of ether oxygens (including phenoxy) is 4. The highest BCUT2D eigenvalue weighted by Crippen LogP contribution is 2.45. The van der Waals surface area contributed by atoms with Crippen molar-refractivity contribution in [1.82, 2.24) is 0 Å². The number of allylic oxidation sites excluding steroid dienone is 4. The molecule has 0 fully saturated rings. The number of phosphoric acid groups is 2.